The minimum atomic E-state index is -4.50. The van der Waals surface area contributed by atoms with Crippen LogP contribution in [0.3, 0.4) is 0 Å². The number of pyridine rings is 1. The van der Waals surface area contributed by atoms with E-state index in [2.05, 4.69) is 9.97 Å². The van der Waals surface area contributed by atoms with E-state index in [0.29, 0.717) is 16.9 Å². The molecule has 22 heavy (non-hydrogen) atoms. The van der Waals surface area contributed by atoms with Crippen LogP contribution in [0.2, 0.25) is 0 Å². The van der Waals surface area contributed by atoms with E-state index in [-0.39, 0.29) is 5.82 Å². The van der Waals surface area contributed by atoms with Crippen molar-refractivity contribution in [1.29, 1.82) is 0 Å². The second-order valence-electron chi connectivity index (χ2n) is 4.79. The summed E-state index contributed by atoms with van der Waals surface area (Å²) in [5, 5.41) is 0. The highest BCUT2D eigenvalue weighted by atomic mass is 19.4. The Bertz CT molecular complexity index is 792. The molecule has 2 aromatic heterocycles. The first-order valence-electron chi connectivity index (χ1n) is 6.61. The third-order valence-electron chi connectivity index (χ3n) is 3.28. The van der Waals surface area contributed by atoms with Gasteiger partial charge in [-0.25, -0.2) is 4.98 Å². The monoisotopic (exact) mass is 303 g/mol. The van der Waals surface area contributed by atoms with E-state index in [1.54, 1.807) is 55.6 Å². The van der Waals surface area contributed by atoms with Crippen molar-refractivity contribution in [2.45, 2.75) is 13.1 Å². The highest BCUT2D eigenvalue weighted by Gasteiger charge is 2.35. The van der Waals surface area contributed by atoms with Gasteiger partial charge in [-0.05, 0) is 31.2 Å². The molecule has 0 amide bonds. The molecule has 0 bridgehead atoms. The predicted molar refractivity (Wildman–Crippen MR) is 76.5 cm³/mol. The van der Waals surface area contributed by atoms with Gasteiger partial charge in [-0.3, -0.25) is 9.55 Å². The standard InChI is InChI=1S/C16H12F3N3/c1-11-13(8-5-9-20-11)15-21-14(16(17,18)19)10-22(15)12-6-3-2-4-7-12/h2-10H,1H3. The van der Waals surface area contributed by atoms with Crippen molar-refractivity contribution in [3.8, 4) is 17.1 Å². The number of nitrogens with zero attached hydrogens (tertiary/aromatic N) is 3. The average Bonchev–Trinajstić information content (AvgIpc) is 2.94. The Labute approximate surface area is 125 Å². The van der Waals surface area contributed by atoms with Gasteiger partial charge in [0, 0.05) is 29.3 Å². The zero-order chi connectivity index (χ0) is 15.7. The first kappa shape index (κ1) is 14.3. The van der Waals surface area contributed by atoms with E-state index in [1.165, 1.54) is 4.57 Å². The zero-order valence-electron chi connectivity index (χ0n) is 11.7. The molecule has 0 aliphatic carbocycles. The Kier molecular flexibility index (Phi) is 3.44. The van der Waals surface area contributed by atoms with Crippen molar-refractivity contribution in [1.82, 2.24) is 14.5 Å². The summed E-state index contributed by atoms with van der Waals surface area (Å²) in [5.41, 5.74) is 0.888. The maximum Gasteiger partial charge on any atom is 0.434 e. The van der Waals surface area contributed by atoms with E-state index in [1.807, 2.05) is 0 Å². The Hall–Kier alpha value is -2.63. The Morgan fingerprint density at radius 2 is 1.73 bits per heavy atom. The lowest BCUT2D eigenvalue weighted by Gasteiger charge is -2.08. The number of rotatable bonds is 2. The molecule has 0 saturated heterocycles. The SMILES string of the molecule is Cc1ncccc1-c1nc(C(F)(F)F)cn1-c1ccccc1. The van der Waals surface area contributed by atoms with Crippen LogP contribution < -0.4 is 0 Å². The lowest BCUT2D eigenvalue weighted by atomic mass is 10.2. The van der Waals surface area contributed by atoms with E-state index in [4.69, 9.17) is 0 Å². The fourth-order valence-electron chi connectivity index (χ4n) is 2.21. The number of hydrogen-bond donors (Lipinski definition) is 0. The summed E-state index contributed by atoms with van der Waals surface area (Å²) < 4.78 is 40.5. The van der Waals surface area contributed by atoms with Crippen molar-refractivity contribution in [3.05, 3.63) is 66.2 Å². The summed E-state index contributed by atoms with van der Waals surface area (Å²) in [5.74, 6) is 0.226. The average molecular weight is 303 g/mol. The molecule has 0 aliphatic rings. The number of alkyl halides is 3. The number of aryl methyl sites for hydroxylation is 1. The van der Waals surface area contributed by atoms with Crippen molar-refractivity contribution in [3.63, 3.8) is 0 Å². The smallest absolute Gasteiger partial charge is 0.299 e. The molecular weight excluding hydrogens is 291 g/mol. The molecule has 1 aromatic carbocycles. The van der Waals surface area contributed by atoms with E-state index >= 15 is 0 Å². The lowest BCUT2D eigenvalue weighted by Crippen LogP contribution is -2.05. The largest absolute Gasteiger partial charge is 0.434 e. The van der Waals surface area contributed by atoms with E-state index < -0.39 is 11.9 Å². The Balaban J connectivity index is 2.25. The Morgan fingerprint density at radius 1 is 1.00 bits per heavy atom. The summed E-state index contributed by atoms with van der Waals surface area (Å²) in [6.07, 6.45) is -1.89. The third kappa shape index (κ3) is 2.59. The number of halogens is 3. The highest BCUT2D eigenvalue weighted by molar-refractivity contribution is 5.61. The van der Waals surface area contributed by atoms with Crippen LogP contribution in [0.15, 0.2) is 54.9 Å². The number of benzene rings is 1. The molecule has 0 aliphatic heterocycles. The van der Waals surface area contributed by atoms with Gasteiger partial charge < -0.3 is 0 Å². The number of imidazole rings is 1. The Morgan fingerprint density at radius 3 is 2.36 bits per heavy atom. The van der Waals surface area contributed by atoms with Crippen LogP contribution in [0.4, 0.5) is 13.2 Å². The molecule has 0 unspecified atom stereocenters. The molecule has 0 spiro atoms. The molecule has 0 radical (unpaired) electrons. The molecule has 0 atom stereocenters. The second kappa shape index (κ2) is 5.29. The van der Waals surface area contributed by atoms with Crippen LogP contribution in [0.25, 0.3) is 17.1 Å². The topological polar surface area (TPSA) is 30.7 Å². The van der Waals surface area contributed by atoms with Crippen LogP contribution in [0, 0.1) is 6.92 Å². The van der Waals surface area contributed by atoms with Gasteiger partial charge in [0.15, 0.2) is 5.69 Å². The van der Waals surface area contributed by atoms with Gasteiger partial charge in [0.1, 0.15) is 5.82 Å². The third-order valence-corrected chi connectivity index (χ3v) is 3.28. The van der Waals surface area contributed by atoms with Crippen molar-refractivity contribution >= 4 is 0 Å². The zero-order valence-corrected chi connectivity index (χ0v) is 11.7. The van der Waals surface area contributed by atoms with Gasteiger partial charge in [-0.15, -0.1) is 0 Å². The van der Waals surface area contributed by atoms with Gasteiger partial charge >= 0.3 is 6.18 Å². The summed E-state index contributed by atoms with van der Waals surface area (Å²) in [7, 11) is 0. The van der Waals surface area contributed by atoms with Crippen molar-refractivity contribution in [2.75, 3.05) is 0 Å². The minimum Gasteiger partial charge on any atom is -0.299 e. The quantitative estimate of drug-likeness (QED) is 0.708. The van der Waals surface area contributed by atoms with Gasteiger partial charge in [0.05, 0.1) is 0 Å². The van der Waals surface area contributed by atoms with Crippen LogP contribution in [0.5, 0.6) is 0 Å². The second-order valence-corrected chi connectivity index (χ2v) is 4.79. The van der Waals surface area contributed by atoms with Crippen LogP contribution in [-0.4, -0.2) is 14.5 Å². The van der Waals surface area contributed by atoms with Gasteiger partial charge in [0.2, 0.25) is 0 Å². The normalized spacial score (nSPS) is 11.6. The maximum absolute atomic E-state index is 13.0. The van der Waals surface area contributed by atoms with Gasteiger partial charge in [-0.1, -0.05) is 18.2 Å². The molecule has 3 nitrogen and oxygen atoms in total. The van der Waals surface area contributed by atoms with Gasteiger partial charge in [-0.2, -0.15) is 13.2 Å². The van der Waals surface area contributed by atoms with E-state index in [0.717, 1.165) is 6.20 Å². The summed E-state index contributed by atoms with van der Waals surface area (Å²) >= 11 is 0. The van der Waals surface area contributed by atoms with Crippen LogP contribution in [-0.2, 0) is 6.18 Å². The highest BCUT2D eigenvalue weighted by Crippen LogP contribution is 2.33. The summed E-state index contributed by atoms with van der Waals surface area (Å²) in [4.78, 5) is 7.91. The molecule has 112 valence electrons. The van der Waals surface area contributed by atoms with Crippen LogP contribution >= 0.6 is 0 Å². The molecular formula is C16H12F3N3. The molecule has 2 heterocycles. The lowest BCUT2D eigenvalue weighted by molar-refractivity contribution is -0.140. The van der Waals surface area contributed by atoms with Gasteiger partial charge in [0.25, 0.3) is 0 Å². The fraction of sp³-hybridized carbons (Fsp3) is 0.125. The first-order valence-corrected chi connectivity index (χ1v) is 6.61. The molecule has 3 rings (SSSR count). The van der Waals surface area contributed by atoms with Crippen molar-refractivity contribution < 1.29 is 13.2 Å². The molecule has 0 saturated carbocycles. The van der Waals surface area contributed by atoms with Crippen LogP contribution in [0.1, 0.15) is 11.4 Å². The number of aromatic nitrogens is 3. The molecule has 3 aromatic rings. The summed E-state index contributed by atoms with van der Waals surface area (Å²) in [6.45, 7) is 1.74. The number of hydrogen-bond acceptors (Lipinski definition) is 2. The number of para-hydroxylation sites is 1. The maximum atomic E-state index is 13.0. The minimum absolute atomic E-state index is 0.226. The predicted octanol–water partition coefficient (Wildman–Crippen LogP) is 4.26. The van der Waals surface area contributed by atoms with E-state index in [9.17, 15) is 13.2 Å². The van der Waals surface area contributed by atoms with Crippen molar-refractivity contribution in [2.24, 2.45) is 0 Å². The summed E-state index contributed by atoms with van der Waals surface area (Å²) in [6, 6.07) is 12.2. The fourth-order valence-corrected chi connectivity index (χ4v) is 2.21. The first-order chi connectivity index (χ1) is 10.5. The molecule has 0 fully saturated rings. The molecule has 6 heteroatoms. The molecule has 0 N–H and O–H groups in total.